The highest BCUT2D eigenvalue weighted by Gasteiger charge is 2.05. The van der Waals surface area contributed by atoms with Crippen LogP contribution >= 0.6 is 0 Å². The Morgan fingerprint density at radius 3 is 2.67 bits per heavy atom. The quantitative estimate of drug-likeness (QED) is 0.653. The van der Waals surface area contributed by atoms with Gasteiger partial charge in [-0.1, -0.05) is 18.7 Å². The van der Waals surface area contributed by atoms with Crippen molar-refractivity contribution < 1.29 is 0 Å². The molecule has 0 aliphatic carbocycles. The second kappa shape index (κ2) is 3.39. The van der Waals surface area contributed by atoms with Gasteiger partial charge >= 0.3 is 0 Å². The number of aryl methyl sites for hydroxylation is 2. The van der Waals surface area contributed by atoms with Crippen LogP contribution in [0.5, 0.6) is 0 Å². The largest absolute Gasteiger partial charge is 0.268 e. The van der Waals surface area contributed by atoms with Gasteiger partial charge < -0.3 is 0 Å². The normalized spacial score (nSPS) is 10.9. The lowest BCUT2D eigenvalue weighted by Gasteiger charge is -1.94. The summed E-state index contributed by atoms with van der Waals surface area (Å²) in [4.78, 5) is 0. The predicted molar refractivity (Wildman–Crippen MR) is 52.7 cm³/mol. The average molecular weight is 162 g/mol. The smallest absolute Gasteiger partial charge is 0.0675 e. The highest BCUT2D eigenvalue weighted by molar-refractivity contribution is 5.63. The zero-order valence-electron chi connectivity index (χ0n) is 7.83. The molecule has 0 atom stereocenters. The van der Waals surface area contributed by atoms with Gasteiger partial charge in [-0.15, -0.1) is 0 Å². The molecule has 0 radical (unpaired) electrons. The van der Waals surface area contributed by atoms with Gasteiger partial charge in [0.05, 0.1) is 11.4 Å². The molecule has 0 spiro atoms. The Kier molecular flexibility index (Phi) is 2.48. The Morgan fingerprint density at radius 2 is 2.17 bits per heavy atom. The minimum atomic E-state index is 1.05. The van der Waals surface area contributed by atoms with E-state index in [9.17, 15) is 0 Å². The predicted octanol–water partition coefficient (Wildman–Crippen LogP) is 2.40. The van der Waals surface area contributed by atoms with E-state index in [0.29, 0.717) is 0 Å². The molecule has 0 aliphatic rings. The summed E-state index contributed by atoms with van der Waals surface area (Å²) in [6, 6.07) is 0. The summed E-state index contributed by atoms with van der Waals surface area (Å²) in [5.74, 6) is 0. The summed E-state index contributed by atoms with van der Waals surface area (Å²) in [7, 11) is 1.93. The van der Waals surface area contributed by atoms with Crippen LogP contribution in [0.1, 0.15) is 23.9 Å². The Morgan fingerprint density at radius 1 is 1.50 bits per heavy atom. The van der Waals surface area contributed by atoms with Crippen molar-refractivity contribution in [2.45, 2.75) is 13.8 Å². The van der Waals surface area contributed by atoms with Crippen LogP contribution in [0.3, 0.4) is 0 Å². The first kappa shape index (κ1) is 8.78. The number of nitrogens with zero attached hydrogens (tertiary/aromatic N) is 2. The molecule has 1 aromatic rings. The van der Waals surface area contributed by atoms with Gasteiger partial charge in [-0.3, -0.25) is 4.68 Å². The summed E-state index contributed by atoms with van der Waals surface area (Å²) in [6.45, 7) is 7.75. The molecule has 2 nitrogen and oxygen atoms in total. The monoisotopic (exact) mass is 162 g/mol. The van der Waals surface area contributed by atoms with Crippen molar-refractivity contribution >= 4 is 12.2 Å². The first-order valence-corrected chi connectivity index (χ1v) is 3.99. The Hall–Kier alpha value is -1.31. The molecule has 0 amide bonds. The Bertz CT molecular complexity index is 319. The third-order valence-electron chi connectivity index (χ3n) is 1.84. The van der Waals surface area contributed by atoms with Crippen molar-refractivity contribution in [1.82, 2.24) is 9.78 Å². The topological polar surface area (TPSA) is 17.8 Å². The number of hydrogen-bond donors (Lipinski definition) is 0. The first-order chi connectivity index (χ1) is 5.70. The van der Waals surface area contributed by atoms with Gasteiger partial charge in [0.15, 0.2) is 0 Å². The molecule has 0 saturated heterocycles. The van der Waals surface area contributed by atoms with Crippen LogP contribution in [0.15, 0.2) is 12.7 Å². The summed E-state index contributed by atoms with van der Waals surface area (Å²) in [5, 5.41) is 4.29. The molecule has 12 heavy (non-hydrogen) atoms. The van der Waals surface area contributed by atoms with E-state index < -0.39 is 0 Å². The van der Waals surface area contributed by atoms with E-state index in [1.807, 2.05) is 37.7 Å². The van der Waals surface area contributed by atoms with Crippen LogP contribution in [0.25, 0.3) is 12.2 Å². The summed E-state index contributed by atoms with van der Waals surface area (Å²) < 4.78 is 1.84. The van der Waals surface area contributed by atoms with Gasteiger partial charge in [0.1, 0.15) is 0 Å². The maximum atomic E-state index is 4.29. The van der Waals surface area contributed by atoms with Crippen molar-refractivity contribution in [1.29, 1.82) is 0 Å². The second-order valence-corrected chi connectivity index (χ2v) is 2.71. The van der Waals surface area contributed by atoms with Crippen LogP contribution in [0.4, 0.5) is 0 Å². The maximum absolute atomic E-state index is 4.29. The molecule has 0 N–H and O–H groups in total. The van der Waals surface area contributed by atoms with Gasteiger partial charge in [0, 0.05) is 12.6 Å². The SMILES string of the molecule is C=Cc1c(/C=C\C)c(C)nn1C. The highest BCUT2D eigenvalue weighted by Crippen LogP contribution is 2.15. The van der Waals surface area contributed by atoms with Gasteiger partial charge in [-0.05, 0) is 19.9 Å². The molecule has 0 saturated carbocycles. The standard InChI is InChI=1S/C10H14N2/c1-5-7-9-8(3)11-12(4)10(9)6-2/h5-7H,2H2,1,3-4H3/b7-5-. The lowest BCUT2D eigenvalue weighted by atomic mass is 10.2. The van der Waals surface area contributed by atoms with Gasteiger partial charge in [-0.25, -0.2) is 0 Å². The van der Waals surface area contributed by atoms with E-state index in [2.05, 4.69) is 17.8 Å². The fraction of sp³-hybridized carbons (Fsp3) is 0.300. The minimum Gasteiger partial charge on any atom is -0.268 e. The molecule has 0 aliphatic heterocycles. The Balaban J connectivity index is 3.31. The van der Waals surface area contributed by atoms with E-state index in [-0.39, 0.29) is 0 Å². The van der Waals surface area contributed by atoms with E-state index in [1.54, 1.807) is 0 Å². The second-order valence-electron chi connectivity index (χ2n) is 2.71. The van der Waals surface area contributed by atoms with Crippen LogP contribution in [0.2, 0.25) is 0 Å². The maximum Gasteiger partial charge on any atom is 0.0675 e. The third kappa shape index (κ3) is 1.33. The van der Waals surface area contributed by atoms with Crippen LogP contribution in [0, 0.1) is 6.92 Å². The molecule has 1 heterocycles. The van der Waals surface area contributed by atoms with E-state index in [0.717, 1.165) is 17.0 Å². The zero-order chi connectivity index (χ0) is 9.14. The van der Waals surface area contributed by atoms with E-state index in [1.165, 1.54) is 0 Å². The number of hydrogen-bond acceptors (Lipinski definition) is 1. The fourth-order valence-electron chi connectivity index (χ4n) is 1.31. The summed E-state index contributed by atoms with van der Waals surface area (Å²) >= 11 is 0. The Labute approximate surface area is 73.2 Å². The first-order valence-electron chi connectivity index (χ1n) is 3.99. The van der Waals surface area contributed by atoms with Crippen LogP contribution < -0.4 is 0 Å². The molecular weight excluding hydrogens is 148 g/mol. The lowest BCUT2D eigenvalue weighted by Crippen LogP contribution is -1.92. The van der Waals surface area contributed by atoms with Gasteiger partial charge in [0.25, 0.3) is 0 Å². The summed E-state index contributed by atoms with van der Waals surface area (Å²) in [5.41, 5.74) is 3.28. The van der Waals surface area contributed by atoms with Gasteiger partial charge in [0.2, 0.25) is 0 Å². The molecule has 1 rings (SSSR count). The van der Waals surface area contributed by atoms with Crippen molar-refractivity contribution in [3.63, 3.8) is 0 Å². The van der Waals surface area contributed by atoms with Crippen molar-refractivity contribution in [3.8, 4) is 0 Å². The third-order valence-corrected chi connectivity index (χ3v) is 1.84. The zero-order valence-corrected chi connectivity index (χ0v) is 7.83. The van der Waals surface area contributed by atoms with Crippen LogP contribution in [-0.2, 0) is 7.05 Å². The van der Waals surface area contributed by atoms with Crippen molar-refractivity contribution in [2.24, 2.45) is 7.05 Å². The number of rotatable bonds is 2. The lowest BCUT2D eigenvalue weighted by molar-refractivity contribution is 0.749. The average Bonchev–Trinajstić information content (AvgIpc) is 2.28. The number of aromatic nitrogens is 2. The van der Waals surface area contributed by atoms with Crippen molar-refractivity contribution in [2.75, 3.05) is 0 Å². The molecule has 0 bridgehead atoms. The van der Waals surface area contributed by atoms with E-state index in [4.69, 9.17) is 0 Å². The fourth-order valence-corrected chi connectivity index (χ4v) is 1.31. The van der Waals surface area contributed by atoms with Crippen molar-refractivity contribution in [3.05, 3.63) is 29.6 Å². The number of allylic oxidation sites excluding steroid dienone is 1. The molecule has 64 valence electrons. The molecule has 0 fully saturated rings. The molecule has 0 aromatic carbocycles. The van der Waals surface area contributed by atoms with E-state index >= 15 is 0 Å². The molecular formula is C10H14N2. The molecule has 1 aromatic heterocycles. The highest BCUT2D eigenvalue weighted by atomic mass is 15.3. The van der Waals surface area contributed by atoms with Gasteiger partial charge in [-0.2, -0.15) is 5.10 Å². The summed E-state index contributed by atoms with van der Waals surface area (Å²) in [6.07, 6.45) is 5.89. The minimum absolute atomic E-state index is 1.05. The van der Waals surface area contributed by atoms with Crippen LogP contribution in [-0.4, -0.2) is 9.78 Å². The molecule has 0 unspecified atom stereocenters. The molecule has 2 heteroatoms.